The second-order valence-electron chi connectivity index (χ2n) is 8.47. The zero-order chi connectivity index (χ0) is 17.4. The number of rotatable bonds is 8. The molecule has 0 heterocycles. The molecule has 4 heteroatoms. The minimum atomic E-state index is -1.79. The van der Waals surface area contributed by atoms with Crippen LogP contribution < -0.4 is 0 Å². The smallest absolute Gasteiger partial charge is 0.307 e. The van der Waals surface area contributed by atoms with E-state index in [1.807, 2.05) is 0 Å². The van der Waals surface area contributed by atoms with Crippen LogP contribution in [-0.4, -0.2) is 24.9 Å². The molecule has 3 nitrogen and oxygen atoms in total. The quantitative estimate of drug-likeness (QED) is 0.506. The van der Waals surface area contributed by atoms with E-state index in [9.17, 15) is 14.7 Å². The van der Waals surface area contributed by atoms with Crippen LogP contribution in [0.1, 0.15) is 52.4 Å². The Labute approximate surface area is 141 Å². The SMILES string of the molecule is CCCCC1=C[C@H]2C(=O)[C@]1(CCCC)[C@H]([Si](C)(C)C)[C@@H]2C(=O)O. The summed E-state index contributed by atoms with van der Waals surface area (Å²) in [5.41, 5.74) is 0.879. The summed E-state index contributed by atoms with van der Waals surface area (Å²) in [6.45, 7) is 11.0. The van der Waals surface area contributed by atoms with Crippen LogP contribution in [0.25, 0.3) is 0 Å². The fraction of sp³-hybridized carbons (Fsp3) is 0.789. The van der Waals surface area contributed by atoms with Gasteiger partial charge in [0.05, 0.1) is 17.3 Å². The molecule has 0 amide bonds. The number of allylic oxidation sites excluding steroid dienone is 2. The first-order valence-electron chi connectivity index (χ1n) is 9.20. The number of ketones is 1. The van der Waals surface area contributed by atoms with Crippen LogP contribution in [0, 0.1) is 17.3 Å². The number of unbranched alkanes of at least 4 members (excludes halogenated alkanes) is 2. The van der Waals surface area contributed by atoms with Crippen molar-refractivity contribution in [3.63, 3.8) is 0 Å². The highest BCUT2D eigenvalue weighted by Gasteiger charge is 2.68. The molecule has 23 heavy (non-hydrogen) atoms. The van der Waals surface area contributed by atoms with Gasteiger partial charge in [-0.15, -0.1) is 0 Å². The van der Waals surface area contributed by atoms with E-state index in [2.05, 4.69) is 39.6 Å². The Balaban J connectivity index is 2.54. The average molecular weight is 337 g/mol. The summed E-state index contributed by atoms with van der Waals surface area (Å²) in [6.07, 6.45) is 8.15. The predicted molar refractivity (Wildman–Crippen MR) is 96.3 cm³/mol. The molecule has 1 N–H and O–H groups in total. The van der Waals surface area contributed by atoms with Crippen LogP contribution >= 0.6 is 0 Å². The third-order valence-corrected chi connectivity index (χ3v) is 8.63. The van der Waals surface area contributed by atoms with Crippen molar-refractivity contribution in [1.29, 1.82) is 0 Å². The molecule has 4 atom stereocenters. The van der Waals surface area contributed by atoms with Crippen molar-refractivity contribution < 1.29 is 14.7 Å². The maximum Gasteiger partial charge on any atom is 0.307 e. The number of Topliss-reactive ketones (excluding diaryl/α,β-unsaturated/α-hetero) is 1. The van der Waals surface area contributed by atoms with E-state index >= 15 is 0 Å². The molecule has 2 bridgehead atoms. The first-order chi connectivity index (χ1) is 10.7. The van der Waals surface area contributed by atoms with Crippen molar-refractivity contribution in [1.82, 2.24) is 0 Å². The summed E-state index contributed by atoms with van der Waals surface area (Å²) in [4.78, 5) is 25.2. The van der Waals surface area contributed by atoms with Crippen molar-refractivity contribution in [2.24, 2.45) is 17.3 Å². The van der Waals surface area contributed by atoms with Crippen molar-refractivity contribution in [2.75, 3.05) is 0 Å². The van der Waals surface area contributed by atoms with Gasteiger partial charge in [0.15, 0.2) is 5.78 Å². The van der Waals surface area contributed by atoms with Gasteiger partial charge in [-0.1, -0.05) is 64.4 Å². The molecule has 130 valence electrons. The minimum Gasteiger partial charge on any atom is -0.481 e. The molecule has 2 aliphatic rings. The van der Waals surface area contributed by atoms with Crippen LogP contribution in [0.2, 0.25) is 25.2 Å². The molecule has 0 spiro atoms. The summed E-state index contributed by atoms with van der Waals surface area (Å²) in [6, 6.07) is 0. The van der Waals surface area contributed by atoms with Gasteiger partial charge in [0, 0.05) is 8.07 Å². The van der Waals surface area contributed by atoms with Crippen LogP contribution in [-0.2, 0) is 9.59 Å². The standard InChI is InChI=1S/C19H32O3Si/c1-6-8-10-13-12-14-15(18(21)22)17(23(3,4)5)19(13,16(14)20)11-9-7-2/h12,14-15,17H,6-11H2,1-5H3,(H,21,22)/t14-,15-,17-,19-/m1/s1. The zero-order valence-electron chi connectivity index (χ0n) is 15.3. The molecule has 0 radical (unpaired) electrons. The molecule has 0 aromatic rings. The molecular weight excluding hydrogens is 304 g/mol. The van der Waals surface area contributed by atoms with Gasteiger partial charge in [0.1, 0.15) is 0 Å². The number of hydrogen-bond acceptors (Lipinski definition) is 2. The van der Waals surface area contributed by atoms with Crippen molar-refractivity contribution in [3.05, 3.63) is 11.6 Å². The summed E-state index contributed by atoms with van der Waals surface area (Å²) in [5.74, 6) is -1.39. The Morgan fingerprint density at radius 2 is 1.83 bits per heavy atom. The van der Waals surface area contributed by atoms with Crippen LogP contribution in [0.5, 0.6) is 0 Å². The van der Waals surface area contributed by atoms with Gasteiger partial charge >= 0.3 is 5.97 Å². The van der Waals surface area contributed by atoms with Crippen LogP contribution in [0.15, 0.2) is 11.6 Å². The molecule has 2 aliphatic carbocycles. The predicted octanol–water partition coefficient (Wildman–Crippen LogP) is 4.90. The van der Waals surface area contributed by atoms with Crippen LogP contribution in [0.4, 0.5) is 0 Å². The summed E-state index contributed by atoms with van der Waals surface area (Å²) < 4.78 is 0. The lowest BCUT2D eigenvalue weighted by molar-refractivity contribution is -0.143. The molecule has 0 aromatic carbocycles. The van der Waals surface area contributed by atoms with E-state index in [0.717, 1.165) is 38.5 Å². The van der Waals surface area contributed by atoms with E-state index in [1.54, 1.807) is 0 Å². The lowest BCUT2D eigenvalue weighted by Crippen LogP contribution is -2.46. The highest BCUT2D eigenvalue weighted by atomic mass is 28.3. The number of carboxylic acids is 1. The fourth-order valence-corrected chi connectivity index (χ4v) is 8.55. The fourth-order valence-electron chi connectivity index (χ4n) is 5.17. The molecule has 0 aliphatic heterocycles. The van der Waals surface area contributed by atoms with Gasteiger partial charge in [0.25, 0.3) is 0 Å². The second-order valence-corrected chi connectivity index (χ2v) is 13.8. The highest BCUT2D eigenvalue weighted by Crippen LogP contribution is 2.66. The minimum absolute atomic E-state index is 0.0495. The lowest BCUT2D eigenvalue weighted by Gasteiger charge is -2.44. The number of carbonyl (C=O) groups is 2. The second kappa shape index (κ2) is 6.54. The van der Waals surface area contributed by atoms with E-state index in [0.29, 0.717) is 0 Å². The molecule has 0 unspecified atom stereocenters. The average Bonchev–Trinajstić information content (AvgIpc) is 2.87. The molecule has 0 saturated heterocycles. The number of carboxylic acid groups (broad SMARTS) is 1. The highest BCUT2D eigenvalue weighted by molar-refractivity contribution is 6.78. The zero-order valence-corrected chi connectivity index (χ0v) is 16.3. The molecular formula is C19H32O3Si. The third-order valence-electron chi connectivity index (χ3n) is 5.92. The Bertz CT molecular complexity index is 517. The summed E-state index contributed by atoms with van der Waals surface area (Å²) >= 11 is 0. The molecule has 1 saturated carbocycles. The van der Waals surface area contributed by atoms with E-state index in [-0.39, 0.29) is 17.2 Å². The van der Waals surface area contributed by atoms with E-state index in [4.69, 9.17) is 0 Å². The van der Waals surface area contributed by atoms with Crippen molar-refractivity contribution in [3.8, 4) is 0 Å². The van der Waals surface area contributed by atoms with Gasteiger partial charge in [0.2, 0.25) is 0 Å². The Hall–Kier alpha value is -0.903. The first-order valence-corrected chi connectivity index (χ1v) is 12.8. The van der Waals surface area contributed by atoms with Gasteiger partial charge in [-0.25, -0.2) is 0 Å². The van der Waals surface area contributed by atoms with Crippen molar-refractivity contribution in [2.45, 2.75) is 77.6 Å². The lowest BCUT2D eigenvalue weighted by atomic mass is 9.71. The number of aliphatic carboxylic acids is 1. The molecule has 2 rings (SSSR count). The first kappa shape index (κ1) is 18.4. The summed E-state index contributed by atoms with van der Waals surface area (Å²) in [7, 11) is -1.79. The normalized spacial score (nSPS) is 33.2. The maximum absolute atomic E-state index is 13.2. The van der Waals surface area contributed by atoms with Gasteiger partial charge in [-0.3, -0.25) is 9.59 Å². The van der Waals surface area contributed by atoms with Gasteiger partial charge < -0.3 is 5.11 Å². The monoisotopic (exact) mass is 336 g/mol. The van der Waals surface area contributed by atoms with E-state index < -0.39 is 25.4 Å². The Morgan fingerprint density at radius 1 is 1.22 bits per heavy atom. The van der Waals surface area contributed by atoms with E-state index in [1.165, 1.54) is 5.57 Å². The number of fused-ring (bicyclic) bond motifs is 2. The Kier molecular flexibility index (Phi) is 5.24. The van der Waals surface area contributed by atoms with Crippen molar-refractivity contribution >= 4 is 19.8 Å². The van der Waals surface area contributed by atoms with Crippen LogP contribution in [0.3, 0.4) is 0 Å². The Morgan fingerprint density at radius 3 is 2.30 bits per heavy atom. The number of carbonyl (C=O) groups excluding carboxylic acids is 1. The van der Waals surface area contributed by atoms with Gasteiger partial charge in [-0.2, -0.15) is 0 Å². The summed E-state index contributed by atoms with van der Waals surface area (Å²) in [5, 5.41) is 9.83. The number of hydrogen-bond donors (Lipinski definition) is 1. The molecule has 0 aromatic heterocycles. The topological polar surface area (TPSA) is 54.4 Å². The largest absolute Gasteiger partial charge is 0.481 e. The molecule has 1 fully saturated rings. The third kappa shape index (κ3) is 2.83. The van der Waals surface area contributed by atoms with Gasteiger partial charge in [-0.05, 0) is 24.8 Å². The maximum atomic E-state index is 13.2.